The van der Waals surface area contributed by atoms with Gasteiger partial charge in [0.2, 0.25) is 0 Å². The Hall–Kier alpha value is -1.09. The van der Waals surface area contributed by atoms with Crippen LogP contribution in [0.15, 0.2) is 18.2 Å². The number of aromatic nitrogens is 1. The Kier molecular flexibility index (Phi) is 3.67. The van der Waals surface area contributed by atoms with Gasteiger partial charge in [0.15, 0.2) is 0 Å². The van der Waals surface area contributed by atoms with E-state index in [-0.39, 0.29) is 0 Å². The minimum atomic E-state index is 0.493. The van der Waals surface area contributed by atoms with Crippen molar-refractivity contribution in [1.29, 1.82) is 0 Å². The lowest BCUT2D eigenvalue weighted by Gasteiger charge is -2.07. The smallest absolute Gasteiger partial charge is 0.120 e. The maximum Gasteiger partial charge on any atom is 0.120 e. The zero-order valence-electron chi connectivity index (χ0n) is 10.9. The van der Waals surface area contributed by atoms with Crippen LogP contribution in [0.1, 0.15) is 38.6 Å². The van der Waals surface area contributed by atoms with Crippen molar-refractivity contribution in [3.63, 3.8) is 0 Å². The number of hydrogen-bond donors (Lipinski definition) is 0. The van der Waals surface area contributed by atoms with Crippen LogP contribution in [0, 0.1) is 5.92 Å². The highest BCUT2D eigenvalue weighted by molar-refractivity contribution is 7.18. The molecule has 17 heavy (non-hydrogen) atoms. The average molecular weight is 249 g/mol. The number of thiazole rings is 1. The molecule has 1 aromatic heterocycles. The van der Waals surface area contributed by atoms with Crippen LogP contribution >= 0.6 is 11.3 Å². The average Bonchev–Trinajstić information content (AvgIpc) is 2.69. The Bertz CT molecular complexity index is 502. The first kappa shape index (κ1) is 12.4. The molecule has 1 aromatic carbocycles. The SMILES string of the molecule is CC(C)COc1ccc2nc(C(C)C)sc2c1. The number of ether oxygens (including phenoxy) is 1. The standard InChI is InChI=1S/C14H19NOS/c1-9(2)8-16-11-5-6-12-13(7-11)17-14(15-12)10(3)4/h5-7,9-10H,8H2,1-4H3. The molecule has 0 aliphatic heterocycles. The third-order valence-electron chi connectivity index (χ3n) is 2.45. The monoisotopic (exact) mass is 249 g/mol. The minimum Gasteiger partial charge on any atom is -0.493 e. The van der Waals surface area contributed by atoms with Crippen LogP contribution in [0.2, 0.25) is 0 Å². The summed E-state index contributed by atoms with van der Waals surface area (Å²) in [5.74, 6) is 2.00. The second kappa shape index (κ2) is 5.05. The molecule has 0 radical (unpaired) electrons. The van der Waals surface area contributed by atoms with E-state index in [9.17, 15) is 0 Å². The van der Waals surface area contributed by atoms with E-state index in [2.05, 4.69) is 38.7 Å². The maximum atomic E-state index is 5.72. The van der Waals surface area contributed by atoms with Gasteiger partial charge in [-0.15, -0.1) is 11.3 Å². The number of fused-ring (bicyclic) bond motifs is 1. The Morgan fingerprint density at radius 1 is 1.24 bits per heavy atom. The Balaban J connectivity index is 2.24. The van der Waals surface area contributed by atoms with Gasteiger partial charge in [-0.3, -0.25) is 0 Å². The summed E-state index contributed by atoms with van der Waals surface area (Å²) >= 11 is 1.76. The summed E-state index contributed by atoms with van der Waals surface area (Å²) < 4.78 is 6.94. The van der Waals surface area contributed by atoms with Crippen molar-refractivity contribution < 1.29 is 4.74 Å². The molecule has 0 amide bonds. The van der Waals surface area contributed by atoms with E-state index in [1.165, 1.54) is 9.71 Å². The summed E-state index contributed by atoms with van der Waals surface area (Å²) in [5, 5.41) is 1.20. The predicted molar refractivity (Wildman–Crippen MR) is 74.0 cm³/mol. The van der Waals surface area contributed by atoms with Crippen molar-refractivity contribution >= 4 is 21.6 Å². The quantitative estimate of drug-likeness (QED) is 0.798. The van der Waals surface area contributed by atoms with Crippen molar-refractivity contribution in [3.8, 4) is 5.75 Å². The van der Waals surface area contributed by atoms with Crippen LogP contribution in [0.25, 0.3) is 10.2 Å². The molecule has 2 aromatic rings. The summed E-state index contributed by atoms with van der Waals surface area (Å²) in [5.41, 5.74) is 1.08. The van der Waals surface area contributed by atoms with Crippen LogP contribution in [0.3, 0.4) is 0 Å². The zero-order chi connectivity index (χ0) is 12.4. The first-order valence-corrected chi connectivity index (χ1v) is 6.91. The van der Waals surface area contributed by atoms with E-state index in [0.717, 1.165) is 17.9 Å². The fraction of sp³-hybridized carbons (Fsp3) is 0.500. The molecule has 0 unspecified atom stereocenters. The van der Waals surface area contributed by atoms with Gasteiger partial charge in [-0.25, -0.2) is 4.98 Å². The molecule has 0 fully saturated rings. The molecule has 3 heteroatoms. The van der Waals surface area contributed by atoms with Crippen molar-refractivity contribution in [3.05, 3.63) is 23.2 Å². The fourth-order valence-electron chi connectivity index (χ4n) is 1.52. The lowest BCUT2D eigenvalue weighted by Crippen LogP contribution is -2.04. The third kappa shape index (κ3) is 2.97. The molecule has 0 saturated heterocycles. The van der Waals surface area contributed by atoms with Gasteiger partial charge in [0.1, 0.15) is 5.75 Å². The van der Waals surface area contributed by atoms with Crippen molar-refractivity contribution in [2.45, 2.75) is 33.6 Å². The van der Waals surface area contributed by atoms with E-state index in [1.54, 1.807) is 11.3 Å². The van der Waals surface area contributed by atoms with Crippen LogP contribution in [-0.2, 0) is 0 Å². The largest absolute Gasteiger partial charge is 0.493 e. The second-order valence-corrected chi connectivity index (χ2v) is 6.10. The summed E-state index contributed by atoms with van der Waals surface area (Å²) in [6, 6.07) is 6.16. The van der Waals surface area contributed by atoms with Crippen LogP contribution < -0.4 is 4.74 Å². The highest BCUT2D eigenvalue weighted by Crippen LogP contribution is 2.30. The molecule has 0 spiro atoms. The summed E-state index contributed by atoms with van der Waals surface area (Å²) in [7, 11) is 0. The van der Waals surface area contributed by atoms with Crippen LogP contribution in [-0.4, -0.2) is 11.6 Å². The third-order valence-corrected chi connectivity index (χ3v) is 3.77. The van der Waals surface area contributed by atoms with E-state index >= 15 is 0 Å². The molecule has 0 aliphatic rings. The van der Waals surface area contributed by atoms with Gasteiger partial charge < -0.3 is 4.74 Å². The lowest BCUT2D eigenvalue weighted by molar-refractivity contribution is 0.271. The molecule has 92 valence electrons. The van der Waals surface area contributed by atoms with E-state index in [0.29, 0.717) is 11.8 Å². The van der Waals surface area contributed by atoms with Gasteiger partial charge in [0.05, 0.1) is 21.8 Å². The first-order valence-electron chi connectivity index (χ1n) is 6.09. The summed E-state index contributed by atoms with van der Waals surface area (Å²) in [6.45, 7) is 9.42. The molecule has 0 saturated carbocycles. The van der Waals surface area contributed by atoms with Crippen molar-refractivity contribution in [2.24, 2.45) is 5.92 Å². The fourth-order valence-corrected chi connectivity index (χ4v) is 2.52. The first-order chi connectivity index (χ1) is 8.06. The molecular weight excluding hydrogens is 230 g/mol. The van der Waals surface area contributed by atoms with E-state index in [1.807, 2.05) is 12.1 Å². The Morgan fingerprint density at radius 2 is 2.00 bits per heavy atom. The topological polar surface area (TPSA) is 22.1 Å². The Labute approximate surface area is 107 Å². The predicted octanol–water partition coefficient (Wildman–Crippen LogP) is 4.45. The van der Waals surface area contributed by atoms with Gasteiger partial charge in [-0.05, 0) is 24.1 Å². The normalized spacial score (nSPS) is 11.6. The van der Waals surface area contributed by atoms with Gasteiger partial charge in [0, 0.05) is 5.92 Å². The summed E-state index contributed by atoms with van der Waals surface area (Å²) in [6.07, 6.45) is 0. The molecule has 0 bridgehead atoms. The molecule has 1 heterocycles. The zero-order valence-corrected chi connectivity index (χ0v) is 11.7. The van der Waals surface area contributed by atoms with Crippen LogP contribution in [0.5, 0.6) is 5.75 Å². The van der Waals surface area contributed by atoms with E-state index in [4.69, 9.17) is 4.74 Å². The van der Waals surface area contributed by atoms with Crippen LogP contribution in [0.4, 0.5) is 0 Å². The minimum absolute atomic E-state index is 0.493. The number of rotatable bonds is 4. The molecule has 2 nitrogen and oxygen atoms in total. The van der Waals surface area contributed by atoms with Crippen molar-refractivity contribution in [2.75, 3.05) is 6.61 Å². The number of benzene rings is 1. The second-order valence-electron chi connectivity index (χ2n) is 5.04. The molecule has 0 aliphatic carbocycles. The highest BCUT2D eigenvalue weighted by atomic mass is 32.1. The number of nitrogens with zero attached hydrogens (tertiary/aromatic N) is 1. The molecular formula is C14H19NOS. The van der Waals surface area contributed by atoms with Gasteiger partial charge >= 0.3 is 0 Å². The molecule has 2 rings (SSSR count). The Morgan fingerprint density at radius 3 is 2.65 bits per heavy atom. The van der Waals surface area contributed by atoms with E-state index < -0.39 is 0 Å². The van der Waals surface area contributed by atoms with Gasteiger partial charge in [-0.1, -0.05) is 27.7 Å². The maximum absolute atomic E-state index is 5.72. The number of hydrogen-bond acceptors (Lipinski definition) is 3. The van der Waals surface area contributed by atoms with Gasteiger partial charge in [-0.2, -0.15) is 0 Å². The molecule has 0 N–H and O–H groups in total. The summed E-state index contributed by atoms with van der Waals surface area (Å²) in [4.78, 5) is 4.61. The molecule has 0 atom stereocenters. The van der Waals surface area contributed by atoms with Gasteiger partial charge in [0.25, 0.3) is 0 Å². The van der Waals surface area contributed by atoms with Crippen molar-refractivity contribution in [1.82, 2.24) is 4.98 Å². The highest BCUT2D eigenvalue weighted by Gasteiger charge is 2.08. The lowest BCUT2D eigenvalue weighted by atomic mass is 10.2.